The normalized spacial score (nSPS) is 10.8. The zero-order valence-corrected chi connectivity index (χ0v) is 18.0. The average Bonchev–Trinajstić information content (AvgIpc) is 3.17. The summed E-state index contributed by atoms with van der Waals surface area (Å²) in [5, 5.41) is 19.3. The van der Waals surface area contributed by atoms with Crippen LogP contribution >= 0.6 is 27.7 Å². The summed E-state index contributed by atoms with van der Waals surface area (Å²) in [4.78, 5) is 0. The highest BCUT2D eigenvalue weighted by atomic mass is 79.9. The molecule has 146 valence electrons. The van der Waals surface area contributed by atoms with Crippen LogP contribution in [0.3, 0.4) is 0 Å². The van der Waals surface area contributed by atoms with Crippen LogP contribution in [-0.4, -0.2) is 27.0 Å². The Labute approximate surface area is 181 Å². The van der Waals surface area contributed by atoms with E-state index in [4.69, 9.17) is 4.74 Å². The molecule has 29 heavy (non-hydrogen) atoms. The molecule has 3 aromatic carbocycles. The van der Waals surface area contributed by atoms with E-state index in [1.807, 2.05) is 59.2 Å². The summed E-state index contributed by atoms with van der Waals surface area (Å²) < 4.78 is 8.26. The molecule has 4 aromatic rings. The molecule has 0 bridgehead atoms. The van der Waals surface area contributed by atoms with Crippen molar-refractivity contribution in [3.05, 3.63) is 82.8 Å². The van der Waals surface area contributed by atoms with Gasteiger partial charge in [-0.2, -0.15) is 0 Å². The number of thioether (sulfide) groups is 1. The first-order valence-electron chi connectivity index (χ1n) is 8.91. The lowest BCUT2D eigenvalue weighted by atomic mass is 10.2. The van der Waals surface area contributed by atoms with E-state index >= 15 is 0 Å². The van der Waals surface area contributed by atoms with Crippen molar-refractivity contribution in [2.45, 2.75) is 10.9 Å². The minimum absolute atomic E-state index is 0.221. The molecule has 0 spiro atoms. The quantitative estimate of drug-likeness (QED) is 0.368. The van der Waals surface area contributed by atoms with Gasteiger partial charge < -0.3 is 9.84 Å². The van der Waals surface area contributed by atoms with E-state index in [-0.39, 0.29) is 5.75 Å². The lowest BCUT2D eigenvalue weighted by Crippen LogP contribution is -1.99. The second kappa shape index (κ2) is 8.71. The number of aromatic hydroxyl groups is 1. The van der Waals surface area contributed by atoms with Crippen LogP contribution in [0, 0.1) is 0 Å². The van der Waals surface area contributed by atoms with Crippen molar-refractivity contribution in [3.63, 3.8) is 0 Å². The highest BCUT2D eigenvalue weighted by Crippen LogP contribution is 2.32. The monoisotopic (exact) mass is 467 g/mol. The number of aromatic nitrogens is 3. The number of para-hydroxylation sites is 1. The van der Waals surface area contributed by atoms with Gasteiger partial charge in [-0.05, 0) is 70.0 Å². The lowest BCUT2D eigenvalue weighted by molar-refractivity contribution is 0.412. The maximum atomic E-state index is 9.61. The molecule has 0 amide bonds. The zero-order chi connectivity index (χ0) is 20.2. The molecule has 0 saturated heterocycles. The molecule has 0 aliphatic carbocycles. The molecule has 1 heterocycles. The van der Waals surface area contributed by atoms with Gasteiger partial charge >= 0.3 is 0 Å². The van der Waals surface area contributed by atoms with Gasteiger partial charge in [-0.1, -0.05) is 36.0 Å². The number of halogens is 1. The highest BCUT2D eigenvalue weighted by molar-refractivity contribution is 9.10. The molecule has 4 rings (SSSR count). The lowest BCUT2D eigenvalue weighted by Gasteiger charge is -2.11. The molecule has 0 radical (unpaired) electrons. The topological polar surface area (TPSA) is 60.2 Å². The predicted molar refractivity (Wildman–Crippen MR) is 119 cm³/mol. The third kappa shape index (κ3) is 4.31. The molecular weight excluding hydrogens is 450 g/mol. The third-order valence-corrected chi connectivity index (χ3v) is 5.98. The molecule has 0 fully saturated rings. The molecule has 5 nitrogen and oxygen atoms in total. The van der Waals surface area contributed by atoms with Gasteiger partial charge in [0, 0.05) is 17.0 Å². The van der Waals surface area contributed by atoms with Crippen LogP contribution in [0.2, 0.25) is 0 Å². The number of hydrogen-bond acceptors (Lipinski definition) is 5. The average molecular weight is 468 g/mol. The number of rotatable bonds is 6. The van der Waals surface area contributed by atoms with E-state index in [1.54, 1.807) is 31.0 Å². The first-order valence-corrected chi connectivity index (χ1v) is 10.7. The van der Waals surface area contributed by atoms with Gasteiger partial charge in [0.2, 0.25) is 0 Å². The van der Waals surface area contributed by atoms with Crippen molar-refractivity contribution in [1.29, 1.82) is 0 Å². The summed E-state index contributed by atoms with van der Waals surface area (Å²) in [7, 11) is 1.65. The van der Waals surface area contributed by atoms with E-state index in [0.717, 1.165) is 43.8 Å². The van der Waals surface area contributed by atoms with Crippen LogP contribution in [-0.2, 0) is 5.75 Å². The van der Waals surface area contributed by atoms with Crippen molar-refractivity contribution < 1.29 is 9.84 Å². The first kappa shape index (κ1) is 19.5. The van der Waals surface area contributed by atoms with Gasteiger partial charge in [0.1, 0.15) is 11.5 Å². The second-order valence-corrected chi connectivity index (χ2v) is 8.08. The maximum Gasteiger partial charge on any atom is 0.196 e. The van der Waals surface area contributed by atoms with Crippen LogP contribution in [0.15, 0.2) is 82.4 Å². The fraction of sp³-hybridized carbons (Fsp3) is 0.0909. The van der Waals surface area contributed by atoms with Crippen LogP contribution < -0.4 is 4.74 Å². The number of ether oxygens (including phenoxy) is 1. The van der Waals surface area contributed by atoms with Crippen molar-refractivity contribution in [2.24, 2.45) is 0 Å². The Balaban J connectivity index is 1.68. The fourth-order valence-electron chi connectivity index (χ4n) is 2.92. The molecule has 0 unspecified atom stereocenters. The van der Waals surface area contributed by atoms with E-state index in [2.05, 4.69) is 32.2 Å². The molecule has 0 saturated carbocycles. The Morgan fingerprint density at radius 1 is 1.00 bits per heavy atom. The summed E-state index contributed by atoms with van der Waals surface area (Å²) in [6.45, 7) is 0. The minimum Gasteiger partial charge on any atom is -0.508 e. The summed E-state index contributed by atoms with van der Waals surface area (Å²) >= 11 is 5.15. The van der Waals surface area contributed by atoms with E-state index in [1.165, 1.54) is 0 Å². The van der Waals surface area contributed by atoms with Gasteiger partial charge in [0.05, 0.1) is 11.6 Å². The number of phenols is 1. The fourth-order valence-corrected chi connectivity index (χ4v) is 4.40. The Morgan fingerprint density at radius 3 is 2.45 bits per heavy atom. The molecule has 1 aromatic heterocycles. The number of benzene rings is 3. The van der Waals surface area contributed by atoms with Crippen molar-refractivity contribution in [2.75, 3.05) is 7.11 Å². The minimum atomic E-state index is 0.221. The van der Waals surface area contributed by atoms with E-state index in [0.29, 0.717) is 0 Å². The molecule has 0 atom stereocenters. The molecular formula is C22H18BrN3O2S. The van der Waals surface area contributed by atoms with Crippen molar-refractivity contribution >= 4 is 27.7 Å². The van der Waals surface area contributed by atoms with E-state index in [9.17, 15) is 5.11 Å². The molecule has 1 N–H and O–H groups in total. The molecule has 7 heteroatoms. The Hall–Kier alpha value is -2.77. The van der Waals surface area contributed by atoms with Crippen molar-refractivity contribution in [3.8, 4) is 28.6 Å². The largest absolute Gasteiger partial charge is 0.508 e. The SMILES string of the molecule is COc1ccc(CSc2nnc(-c3ccc(O)cc3)n2-c2ccccc2)cc1Br. The Kier molecular flexibility index (Phi) is 5.87. The van der Waals surface area contributed by atoms with Gasteiger partial charge in [0.15, 0.2) is 11.0 Å². The molecule has 0 aliphatic heterocycles. The maximum absolute atomic E-state index is 9.61. The predicted octanol–water partition coefficient (Wildman–Crippen LogP) is 5.70. The third-order valence-electron chi connectivity index (χ3n) is 4.36. The van der Waals surface area contributed by atoms with Gasteiger partial charge in [0.25, 0.3) is 0 Å². The first-order chi connectivity index (χ1) is 14.2. The second-order valence-electron chi connectivity index (χ2n) is 6.28. The number of methoxy groups -OCH3 is 1. The van der Waals surface area contributed by atoms with Gasteiger partial charge in [-0.25, -0.2) is 0 Å². The summed E-state index contributed by atoms with van der Waals surface area (Å²) in [6, 6.07) is 23.1. The van der Waals surface area contributed by atoms with Crippen LogP contribution in [0.25, 0.3) is 17.1 Å². The van der Waals surface area contributed by atoms with Crippen LogP contribution in [0.1, 0.15) is 5.56 Å². The summed E-state index contributed by atoms with van der Waals surface area (Å²) in [6.07, 6.45) is 0. The Morgan fingerprint density at radius 2 is 1.76 bits per heavy atom. The molecule has 0 aliphatic rings. The number of hydrogen-bond donors (Lipinski definition) is 1. The number of phenolic OH excluding ortho intramolecular Hbond substituents is 1. The summed E-state index contributed by atoms with van der Waals surface area (Å²) in [5.74, 6) is 2.50. The van der Waals surface area contributed by atoms with Crippen LogP contribution in [0.4, 0.5) is 0 Å². The number of nitrogens with zero attached hydrogens (tertiary/aromatic N) is 3. The van der Waals surface area contributed by atoms with Crippen LogP contribution in [0.5, 0.6) is 11.5 Å². The van der Waals surface area contributed by atoms with Gasteiger partial charge in [-0.15, -0.1) is 10.2 Å². The van der Waals surface area contributed by atoms with Gasteiger partial charge in [-0.3, -0.25) is 4.57 Å². The highest BCUT2D eigenvalue weighted by Gasteiger charge is 2.16. The Bertz CT molecular complexity index is 1110. The smallest absolute Gasteiger partial charge is 0.196 e. The van der Waals surface area contributed by atoms with Crippen molar-refractivity contribution in [1.82, 2.24) is 14.8 Å². The van der Waals surface area contributed by atoms with E-state index < -0.39 is 0 Å². The standard InChI is InChI=1S/C22H18BrN3O2S/c1-28-20-12-7-15(13-19(20)23)14-29-22-25-24-21(16-8-10-18(27)11-9-16)26(22)17-5-3-2-4-6-17/h2-13,27H,14H2,1H3. The summed E-state index contributed by atoms with van der Waals surface area (Å²) in [5.41, 5.74) is 3.02. The zero-order valence-electron chi connectivity index (χ0n) is 15.6.